The Morgan fingerprint density at radius 3 is 2.53 bits per heavy atom. The molecule has 0 aliphatic carbocycles. The molecule has 1 unspecified atom stereocenters. The van der Waals surface area contributed by atoms with Crippen molar-refractivity contribution in [2.75, 3.05) is 4.90 Å². The van der Waals surface area contributed by atoms with Crippen molar-refractivity contribution < 1.29 is 19.6 Å². The van der Waals surface area contributed by atoms with Gasteiger partial charge in [-0.3, -0.25) is 19.7 Å². The fourth-order valence-corrected chi connectivity index (χ4v) is 4.03. The topological polar surface area (TPSA) is 101 Å². The molecule has 1 N–H and O–H groups in total. The highest BCUT2D eigenvalue weighted by molar-refractivity contribution is 6.31. The van der Waals surface area contributed by atoms with Gasteiger partial charge in [0.2, 0.25) is 0 Å². The summed E-state index contributed by atoms with van der Waals surface area (Å²) in [5.74, 6) is -1.23. The summed E-state index contributed by atoms with van der Waals surface area (Å²) < 4.78 is 0. The van der Waals surface area contributed by atoms with E-state index in [0.717, 1.165) is 17.2 Å². The Labute approximate surface area is 189 Å². The first-order valence-corrected chi connectivity index (χ1v) is 10.2. The summed E-state index contributed by atoms with van der Waals surface area (Å²) in [6.45, 7) is 2.17. The molecule has 3 aromatic carbocycles. The van der Waals surface area contributed by atoms with E-state index in [-0.39, 0.29) is 23.4 Å². The molecule has 0 aromatic heterocycles. The molecule has 1 amide bonds. The number of aryl methyl sites for hydroxylation is 1. The van der Waals surface area contributed by atoms with E-state index >= 15 is 0 Å². The number of hydrogen-bond donors (Lipinski definition) is 1. The van der Waals surface area contributed by atoms with E-state index < -0.39 is 28.6 Å². The molecular formula is C24H19ClN2O5. The summed E-state index contributed by atoms with van der Waals surface area (Å²) in [5, 5.41) is 22.8. The zero-order valence-electron chi connectivity index (χ0n) is 17.1. The quantitative estimate of drug-likeness (QED) is 0.337. The number of halogens is 1. The van der Waals surface area contributed by atoms with Crippen LogP contribution in [0.1, 0.15) is 33.5 Å². The number of aliphatic hydroxyl groups is 1. The van der Waals surface area contributed by atoms with Crippen LogP contribution in [0, 0.1) is 17.0 Å². The van der Waals surface area contributed by atoms with Crippen LogP contribution >= 0.6 is 11.6 Å². The minimum absolute atomic E-state index is 0.0426. The van der Waals surface area contributed by atoms with Crippen LogP contribution in [0.4, 0.5) is 11.4 Å². The third-order valence-corrected chi connectivity index (χ3v) is 5.79. The Bertz CT molecular complexity index is 1240. The minimum atomic E-state index is -2.13. The maximum atomic E-state index is 13.4. The lowest BCUT2D eigenvalue weighted by molar-refractivity contribution is -0.384. The number of non-ortho nitro benzene ring substituents is 1. The Morgan fingerprint density at radius 1 is 1.12 bits per heavy atom. The summed E-state index contributed by atoms with van der Waals surface area (Å²) in [6, 6.07) is 17.6. The zero-order chi connectivity index (χ0) is 23.0. The van der Waals surface area contributed by atoms with Crippen LogP contribution in [0.5, 0.6) is 0 Å². The van der Waals surface area contributed by atoms with Crippen LogP contribution < -0.4 is 4.90 Å². The summed E-state index contributed by atoms with van der Waals surface area (Å²) >= 11 is 6.13. The number of benzene rings is 3. The van der Waals surface area contributed by atoms with Crippen molar-refractivity contribution in [3.8, 4) is 0 Å². The molecule has 3 aromatic rings. The van der Waals surface area contributed by atoms with Crippen molar-refractivity contribution in [1.29, 1.82) is 0 Å². The molecule has 1 atom stereocenters. The van der Waals surface area contributed by atoms with Crippen molar-refractivity contribution in [3.05, 3.63) is 104 Å². The van der Waals surface area contributed by atoms with Gasteiger partial charge in [0.25, 0.3) is 11.6 Å². The third kappa shape index (κ3) is 3.88. The second-order valence-electron chi connectivity index (χ2n) is 7.81. The predicted molar refractivity (Wildman–Crippen MR) is 120 cm³/mol. The molecule has 0 fully saturated rings. The highest BCUT2D eigenvalue weighted by Crippen LogP contribution is 2.44. The Hall–Kier alpha value is -3.55. The van der Waals surface area contributed by atoms with Crippen molar-refractivity contribution in [2.45, 2.75) is 25.5 Å². The maximum absolute atomic E-state index is 13.4. The van der Waals surface area contributed by atoms with Gasteiger partial charge in [-0.05, 0) is 30.7 Å². The zero-order valence-corrected chi connectivity index (χ0v) is 17.9. The summed E-state index contributed by atoms with van der Waals surface area (Å²) in [5.41, 5.74) is 0.306. The fourth-order valence-electron chi connectivity index (χ4n) is 3.85. The summed E-state index contributed by atoms with van der Waals surface area (Å²) in [4.78, 5) is 38.2. The number of nitro groups is 1. The number of fused-ring (bicyclic) bond motifs is 1. The number of Topliss-reactive ketones (excluding diaryl/α,β-unsaturated/α-hetero) is 1. The second kappa shape index (κ2) is 8.18. The van der Waals surface area contributed by atoms with Crippen LogP contribution in [0.3, 0.4) is 0 Å². The number of ketones is 1. The smallest absolute Gasteiger partial charge is 0.270 e. The van der Waals surface area contributed by atoms with Gasteiger partial charge in [-0.25, -0.2) is 0 Å². The van der Waals surface area contributed by atoms with Gasteiger partial charge < -0.3 is 10.0 Å². The average Bonchev–Trinajstić information content (AvgIpc) is 2.96. The lowest BCUT2D eigenvalue weighted by atomic mass is 9.88. The van der Waals surface area contributed by atoms with E-state index in [1.807, 2.05) is 31.2 Å². The SMILES string of the molecule is Cc1ccc(CN2C(=O)C(O)(CC(=O)c3cccc([N+](=O)[O-])c3)c3cc(Cl)ccc32)cc1. The van der Waals surface area contributed by atoms with Crippen LogP contribution in [0.15, 0.2) is 66.7 Å². The number of carbonyl (C=O) groups is 2. The molecule has 7 nitrogen and oxygen atoms in total. The van der Waals surface area contributed by atoms with Crippen LogP contribution in [0.25, 0.3) is 0 Å². The molecule has 1 aliphatic heterocycles. The van der Waals surface area contributed by atoms with E-state index in [9.17, 15) is 24.8 Å². The van der Waals surface area contributed by atoms with E-state index in [1.54, 1.807) is 12.1 Å². The van der Waals surface area contributed by atoms with Crippen LogP contribution in [0.2, 0.25) is 5.02 Å². The van der Waals surface area contributed by atoms with Gasteiger partial charge in [-0.1, -0.05) is 53.6 Å². The van der Waals surface area contributed by atoms with Gasteiger partial charge in [-0.2, -0.15) is 0 Å². The number of carbonyl (C=O) groups excluding carboxylic acids is 2. The molecular weight excluding hydrogens is 432 g/mol. The number of nitrogens with zero attached hydrogens (tertiary/aromatic N) is 2. The monoisotopic (exact) mass is 450 g/mol. The van der Waals surface area contributed by atoms with E-state index in [4.69, 9.17) is 11.6 Å². The van der Waals surface area contributed by atoms with Crippen LogP contribution in [-0.4, -0.2) is 21.7 Å². The number of amides is 1. The van der Waals surface area contributed by atoms with E-state index in [1.165, 1.54) is 29.2 Å². The Morgan fingerprint density at radius 2 is 1.84 bits per heavy atom. The predicted octanol–water partition coefficient (Wildman–Crippen LogP) is 4.56. The van der Waals surface area contributed by atoms with Gasteiger partial charge in [0.05, 0.1) is 23.6 Å². The van der Waals surface area contributed by atoms with Gasteiger partial charge in [0.1, 0.15) is 0 Å². The largest absolute Gasteiger partial charge is 0.375 e. The normalized spacial score (nSPS) is 17.3. The van der Waals surface area contributed by atoms with E-state index in [0.29, 0.717) is 10.7 Å². The molecule has 0 saturated carbocycles. The summed E-state index contributed by atoms with van der Waals surface area (Å²) in [6.07, 6.45) is -0.565. The third-order valence-electron chi connectivity index (χ3n) is 5.55. The number of hydrogen-bond acceptors (Lipinski definition) is 5. The lowest BCUT2D eigenvalue weighted by Crippen LogP contribution is -2.41. The highest BCUT2D eigenvalue weighted by Gasteiger charge is 2.51. The standard InChI is InChI=1S/C24H19ClN2O5/c1-15-5-7-16(8-6-15)14-26-21-10-9-18(25)12-20(21)24(30,23(26)29)13-22(28)17-3-2-4-19(11-17)27(31)32/h2-12,30H,13-14H2,1H3. The molecule has 32 heavy (non-hydrogen) atoms. The van der Waals surface area contributed by atoms with Crippen molar-refractivity contribution in [3.63, 3.8) is 0 Å². The molecule has 4 rings (SSSR count). The van der Waals surface area contributed by atoms with Crippen molar-refractivity contribution in [1.82, 2.24) is 0 Å². The molecule has 1 aliphatic rings. The molecule has 0 saturated heterocycles. The molecule has 1 heterocycles. The van der Waals surface area contributed by atoms with Crippen molar-refractivity contribution >= 4 is 34.7 Å². The first kappa shape index (κ1) is 21.7. The fraction of sp³-hybridized carbons (Fsp3) is 0.167. The van der Waals surface area contributed by atoms with E-state index in [2.05, 4.69) is 0 Å². The average molecular weight is 451 g/mol. The van der Waals surface area contributed by atoms with Crippen LogP contribution in [-0.2, 0) is 16.9 Å². The van der Waals surface area contributed by atoms with Gasteiger partial charge in [0.15, 0.2) is 11.4 Å². The van der Waals surface area contributed by atoms with Crippen molar-refractivity contribution in [2.24, 2.45) is 0 Å². The highest BCUT2D eigenvalue weighted by atomic mass is 35.5. The number of nitro benzene ring substituents is 1. The molecule has 0 radical (unpaired) electrons. The second-order valence-corrected chi connectivity index (χ2v) is 8.24. The van der Waals surface area contributed by atoms with Gasteiger partial charge in [0, 0.05) is 28.3 Å². The number of rotatable bonds is 6. The molecule has 162 valence electrons. The Balaban J connectivity index is 1.70. The first-order chi connectivity index (χ1) is 15.2. The Kier molecular flexibility index (Phi) is 5.54. The maximum Gasteiger partial charge on any atom is 0.270 e. The van der Waals surface area contributed by atoms with Gasteiger partial charge >= 0.3 is 0 Å². The molecule has 0 spiro atoms. The first-order valence-electron chi connectivity index (χ1n) is 9.86. The molecule has 8 heteroatoms. The summed E-state index contributed by atoms with van der Waals surface area (Å²) in [7, 11) is 0. The lowest BCUT2D eigenvalue weighted by Gasteiger charge is -2.23. The minimum Gasteiger partial charge on any atom is -0.375 e. The number of anilines is 1. The van der Waals surface area contributed by atoms with Gasteiger partial charge in [-0.15, -0.1) is 0 Å². The molecule has 0 bridgehead atoms.